The maximum atomic E-state index is 12.5. The Hall–Kier alpha value is -2.64. The average molecular weight is 390 g/mol. The number of ether oxygens (including phenoxy) is 2. The second-order valence-corrected chi connectivity index (χ2v) is 6.51. The van der Waals surface area contributed by atoms with E-state index in [0.717, 1.165) is 19.4 Å². The largest absolute Gasteiger partial charge is 0.495 e. The molecular formula is C19H20ClN3O4. The number of nitrogens with one attached hydrogen (secondary N) is 2. The van der Waals surface area contributed by atoms with Gasteiger partial charge in [-0.1, -0.05) is 11.6 Å². The molecule has 0 radical (unpaired) electrons. The number of aromatic nitrogens is 1. The average Bonchev–Trinajstić information content (AvgIpc) is 3.20. The molecule has 0 spiro atoms. The first-order valence-corrected chi connectivity index (χ1v) is 8.95. The maximum absolute atomic E-state index is 12.5. The first-order valence-electron chi connectivity index (χ1n) is 8.57. The summed E-state index contributed by atoms with van der Waals surface area (Å²) in [5.41, 5.74) is 0.907. The number of carbonyl (C=O) groups excluding carboxylic acids is 2. The van der Waals surface area contributed by atoms with Crippen molar-refractivity contribution in [2.75, 3.05) is 25.6 Å². The number of rotatable bonds is 6. The van der Waals surface area contributed by atoms with E-state index < -0.39 is 5.91 Å². The second kappa shape index (κ2) is 8.83. The third-order valence-corrected chi connectivity index (χ3v) is 4.41. The molecule has 1 unspecified atom stereocenters. The number of carbonyl (C=O) groups is 2. The van der Waals surface area contributed by atoms with Gasteiger partial charge < -0.3 is 20.1 Å². The SMILES string of the molecule is COc1ccc(Cl)cc1NC(=O)c1ccnc(C(=O)NCC2CCCO2)c1. The van der Waals surface area contributed by atoms with E-state index in [0.29, 0.717) is 28.6 Å². The van der Waals surface area contributed by atoms with E-state index >= 15 is 0 Å². The highest BCUT2D eigenvalue weighted by Crippen LogP contribution is 2.28. The summed E-state index contributed by atoms with van der Waals surface area (Å²) >= 11 is 5.98. The summed E-state index contributed by atoms with van der Waals surface area (Å²) in [6.45, 7) is 1.15. The lowest BCUT2D eigenvalue weighted by molar-refractivity contribution is 0.0853. The van der Waals surface area contributed by atoms with E-state index in [9.17, 15) is 9.59 Å². The Kier molecular flexibility index (Phi) is 6.26. The van der Waals surface area contributed by atoms with E-state index in [1.54, 1.807) is 18.2 Å². The van der Waals surface area contributed by atoms with Crippen LogP contribution in [0.4, 0.5) is 5.69 Å². The fourth-order valence-corrected chi connectivity index (χ4v) is 2.94. The van der Waals surface area contributed by atoms with Crippen LogP contribution in [0.1, 0.15) is 33.7 Å². The van der Waals surface area contributed by atoms with Crippen molar-refractivity contribution in [1.82, 2.24) is 10.3 Å². The molecule has 0 bridgehead atoms. The minimum absolute atomic E-state index is 0.0377. The Morgan fingerprint density at radius 1 is 1.30 bits per heavy atom. The summed E-state index contributed by atoms with van der Waals surface area (Å²) < 4.78 is 10.7. The third kappa shape index (κ3) is 4.96. The predicted octanol–water partition coefficient (Wildman–Crippen LogP) is 2.90. The number of methoxy groups -OCH3 is 1. The molecule has 2 amide bonds. The zero-order valence-electron chi connectivity index (χ0n) is 14.8. The van der Waals surface area contributed by atoms with Crippen LogP contribution < -0.4 is 15.4 Å². The van der Waals surface area contributed by atoms with Crippen molar-refractivity contribution in [3.63, 3.8) is 0 Å². The van der Waals surface area contributed by atoms with Gasteiger partial charge >= 0.3 is 0 Å². The molecule has 0 aliphatic carbocycles. The molecular weight excluding hydrogens is 370 g/mol. The molecule has 7 nitrogen and oxygen atoms in total. The summed E-state index contributed by atoms with van der Waals surface area (Å²) in [7, 11) is 1.50. The Balaban J connectivity index is 1.68. The van der Waals surface area contributed by atoms with Gasteiger partial charge in [-0.25, -0.2) is 0 Å². The fourth-order valence-electron chi connectivity index (χ4n) is 2.77. The normalized spacial score (nSPS) is 16.0. The van der Waals surface area contributed by atoms with Crippen molar-refractivity contribution in [3.05, 3.63) is 52.8 Å². The van der Waals surface area contributed by atoms with Gasteiger partial charge in [0.05, 0.1) is 18.9 Å². The summed E-state index contributed by atoms with van der Waals surface area (Å²) in [4.78, 5) is 28.9. The molecule has 1 atom stereocenters. The lowest BCUT2D eigenvalue weighted by atomic mass is 10.2. The van der Waals surface area contributed by atoms with Gasteiger partial charge in [-0.05, 0) is 43.2 Å². The molecule has 1 saturated heterocycles. The van der Waals surface area contributed by atoms with Crippen LogP contribution in [0.5, 0.6) is 5.75 Å². The van der Waals surface area contributed by atoms with E-state index in [4.69, 9.17) is 21.1 Å². The molecule has 8 heteroatoms. The van der Waals surface area contributed by atoms with Crippen LogP contribution >= 0.6 is 11.6 Å². The zero-order valence-corrected chi connectivity index (χ0v) is 15.6. The quantitative estimate of drug-likeness (QED) is 0.792. The molecule has 2 N–H and O–H groups in total. The van der Waals surface area contributed by atoms with Gasteiger partial charge in [0.15, 0.2) is 0 Å². The van der Waals surface area contributed by atoms with Gasteiger partial charge in [0.25, 0.3) is 11.8 Å². The topological polar surface area (TPSA) is 89.5 Å². The highest BCUT2D eigenvalue weighted by Gasteiger charge is 2.18. The molecule has 1 fully saturated rings. The van der Waals surface area contributed by atoms with Crippen molar-refractivity contribution < 1.29 is 19.1 Å². The molecule has 142 valence electrons. The van der Waals surface area contributed by atoms with Crippen LogP contribution in [0.25, 0.3) is 0 Å². The fraction of sp³-hybridized carbons (Fsp3) is 0.316. The molecule has 1 aromatic carbocycles. The molecule has 0 saturated carbocycles. The Labute approximate surface area is 162 Å². The number of benzene rings is 1. The van der Waals surface area contributed by atoms with Crippen molar-refractivity contribution in [3.8, 4) is 5.75 Å². The van der Waals surface area contributed by atoms with Crippen LogP contribution in [-0.2, 0) is 4.74 Å². The zero-order chi connectivity index (χ0) is 19.2. The second-order valence-electron chi connectivity index (χ2n) is 6.07. The predicted molar refractivity (Wildman–Crippen MR) is 102 cm³/mol. The maximum Gasteiger partial charge on any atom is 0.269 e. The van der Waals surface area contributed by atoms with Crippen LogP contribution in [0.3, 0.4) is 0 Å². The van der Waals surface area contributed by atoms with Crippen LogP contribution in [-0.4, -0.2) is 43.2 Å². The Morgan fingerprint density at radius 3 is 2.89 bits per heavy atom. The molecule has 2 aromatic rings. The van der Waals surface area contributed by atoms with Crippen molar-refractivity contribution in [1.29, 1.82) is 0 Å². The number of pyridine rings is 1. The van der Waals surface area contributed by atoms with E-state index in [1.165, 1.54) is 25.4 Å². The molecule has 1 aliphatic heterocycles. The summed E-state index contributed by atoms with van der Waals surface area (Å²) in [6, 6.07) is 7.89. The standard InChI is InChI=1S/C19H20ClN3O4/c1-26-17-5-4-13(20)10-15(17)23-18(24)12-6-7-21-16(9-12)19(25)22-11-14-3-2-8-27-14/h4-7,9-10,14H,2-3,8,11H2,1H3,(H,22,25)(H,23,24). The highest BCUT2D eigenvalue weighted by molar-refractivity contribution is 6.31. The van der Waals surface area contributed by atoms with Gasteiger partial charge in [-0.3, -0.25) is 14.6 Å². The number of anilines is 1. The number of hydrogen-bond donors (Lipinski definition) is 2. The lowest BCUT2D eigenvalue weighted by Crippen LogP contribution is -2.32. The van der Waals surface area contributed by atoms with Crippen molar-refractivity contribution in [2.24, 2.45) is 0 Å². The number of amides is 2. The summed E-state index contributed by atoms with van der Waals surface area (Å²) in [5, 5.41) is 5.99. The van der Waals surface area contributed by atoms with Crippen LogP contribution in [0.15, 0.2) is 36.5 Å². The van der Waals surface area contributed by atoms with Crippen molar-refractivity contribution in [2.45, 2.75) is 18.9 Å². The summed E-state index contributed by atoms with van der Waals surface area (Å²) in [6.07, 6.45) is 3.39. The summed E-state index contributed by atoms with van der Waals surface area (Å²) in [5.74, 6) is -0.261. The van der Waals surface area contributed by atoms with Crippen LogP contribution in [0.2, 0.25) is 5.02 Å². The van der Waals surface area contributed by atoms with Crippen LogP contribution in [0, 0.1) is 0 Å². The minimum Gasteiger partial charge on any atom is -0.495 e. The number of nitrogens with zero attached hydrogens (tertiary/aromatic N) is 1. The van der Waals surface area contributed by atoms with Gasteiger partial charge in [0.1, 0.15) is 11.4 Å². The smallest absolute Gasteiger partial charge is 0.269 e. The van der Waals surface area contributed by atoms with Gasteiger partial charge in [0, 0.05) is 29.9 Å². The molecule has 1 aromatic heterocycles. The highest BCUT2D eigenvalue weighted by atomic mass is 35.5. The van der Waals surface area contributed by atoms with Gasteiger partial charge in [-0.2, -0.15) is 0 Å². The van der Waals surface area contributed by atoms with Crippen molar-refractivity contribution >= 4 is 29.1 Å². The Bertz CT molecular complexity index is 837. The molecule has 1 aliphatic rings. The van der Waals surface area contributed by atoms with Gasteiger partial charge in [0.2, 0.25) is 0 Å². The number of halogens is 1. The first kappa shape index (κ1) is 19.1. The number of hydrogen-bond acceptors (Lipinski definition) is 5. The van der Waals surface area contributed by atoms with E-state index in [2.05, 4.69) is 15.6 Å². The van der Waals surface area contributed by atoms with E-state index in [-0.39, 0.29) is 17.7 Å². The molecule has 2 heterocycles. The Morgan fingerprint density at radius 2 is 2.15 bits per heavy atom. The molecule has 27 heavy (non-hydrogen) atoms. The minimum atomic E-state index is -0.397. The lowest BCUT2D eigenvalue weighted by Gasteiger charge is -2.12. The first-order chi connectivity index (χ1) is 13.1. The van der Waals surface area contributed by atoms with E-state index in [1.807, 2.05) is 0 Å². The van der Waals surface area contributed by atoms with Gasteiger partial charge in [-0.15, -0.1) is 0 Å². The third-order valence-electron chi connectivity index (χ3n) is 4.18. The monoisotopic (exact) mass is 389 g/mol. The molecule has 3 rings (SSSR count).